The third-order valence-electron chi connectivity index (χ3n) is 6.21. The summed E-state index contributed by atoms with van der Waals surface area (Å²) in [7, 11) is -3.37. The van der Waals surface area contributed by atoms with Crippen molar-refractivity contribution in [3.05, 3.63) is 58.2 Å². The number of aromatic nitrogens is 7. The smallest absolute Gasteiger partial charge is 0.294 e. The van der Waals surface area contributed by atoms with E-state index in [1.165, 1.54) is 12.3 Å². The Hall–Kier alpha value is -3.80. The molecule has 5 rings (SSSR count). The molecule has 0 saturated heterocycles. The molecule has 186 valence electrons. The predicted octanol–water partition coefficient (Wildman–Crippen LogP) is 2.65. The summed E-state index contributed by atoms with van der Waals surface area (Å²) >= 11 is 0. The van der Waals surface area contributed by atoms with Crippen molar-refractivity contribution >= 4 is 26.8 Å². The molecule has 0 spiro atoms. The van der Waals surface area contributed by atoms with Gasteiger partial charge in [-0.3, -0.25) is 9.36 Å². The summed E-state index contributed by atoms with van der Waals surface area (Å²) in [6, 6.07) is 3.13. The third-order valence-corrected chi connectivity index (χ3v) is 7.85. The fourth-order valence-electron chi connectivity index (χ4n) is 4.03. The van der Waals surface area contributed by atoms with Crippen molar-refractivity contribution in [3.8, 4) is 11.4 Å². The summed E-state index contributed by atoms with van der Waals surface area (Å²) in [5.41, 5.74) is 3.90. The van der Waals surface area contributed by atoms with Gasteiger partial charge in [0, 0.05) is 25.2 Å². The summed E-state index contributed by atoms with van der Waals surface area (Å²) in [5.74, 6) is 1.02. The Morgan fingerprint density at radius 2 is 1.86 bits per heavy atom. The van der Waals surface area contributed by atoms with Gasteiger partial charge in [-0.2, -0.15) is 0 Å². The lowest BCUT2D eigenvalue weighted by Crippen LogP contribution is -2.26. The average molecular weight is 507 g/mol. The number of hydrogen-bond acceptors (Lipinski definition) is 10. The van der Waals surface area contributed by atoms with Crippen LogP contribution in [0.4, 0.5) is 5.82 Å². The highest BCUT2D eigenvalue weighted by Gasteiger charge is 2.30. The van der Waals surface area contributed by atoms with E-state index in [0.717, 1.165) is 29.8 Å². The zero-order chi connectivity index (χ0) is 25.4. The lowest BCUT2D eigenvalue weighted by atomic mass is 10.1. The van der Waals surface area contributed by atoms with Crippen LogP contribution in [0.5, 0.6) is 0 Å². The predicted molar refractivity (Wildman–Crippen MR) is 134 cm³/mol. The molecule has 0 amide bonds. The molecule has 0 atom stereocenters. The zero-order valence-corrected chi connectivity index (χ0v) is 21.1. The van der Waals surface area contributed by atoms with E-state index < -0.39 is 9.84 Å². The Bertz CT molecular complexity index is 1610. The molecule has 1 aliphatic carbocycles. The van der Waals surface area contributed by atoms with Crippen molar-refractivity contribution in [1.82, 2.24) is 34.5 Å². The number of rotatable bonds is 8. The van der Waals surface area contributed by atoms with Crippen molar-refractivity contribution in [3.63, 3.8) is 0 Å². The van der Waals surface area contributed by atoms with Crippen LogP contribution in [0.1, 0.15) is 49.6 Å². The molecule has 0 bridgehead atoms. The van der Waals surface area contributed by atoms with Crippen LogP contribution in [0.15, 0.2) is 40.7 Å². The first-order valence-corrected chi connectivity index (χ1v) is 13.5. The van der Waals surface area contributed by atoms with Crippen LogP contribution < -0.4 is 10.9 Å². The fraction of sp³-hybridized carbons (Fsp3) is 0.375. The molecule has 0 radical (unpaired) electrons. The van der Waals surface area contributed by atoms with Gasteiger partial charge in [0.15, 0.2) is 32.2 Å². The zero-order valence-electron chi connectivity index (χ0n) is 20.3. The number of anilines is 1. The Balaban J connectivity index is 1.47. The van der Waals surface area contributed by atoms with Gasteiger partial charge in [0.2, 0.25) is 0 Å². The number of nitrogens with zero attached hydrogens (tertiary/aromatic N) is 7. The molecule has 0 unspecified atom stereocenters. The molecule has 1 aliphatic rings. The van der Waals surface area contributed by atoms with E-state index in [2.05, 4.69) is 30.2 Å². The quantitative estimate of drug-likeness (QED) is 0.378. The van der Waals surface area contributed by atoms with Crippen LogP contribution >= 0.6 is 0 Å². The van der Waals surface area contributed by atoms with Crippen LogP contribution in [-0.2, 0) is 22.9 Å². The van der Waals surface area contributed by atoms with Gasteiger partial charge in [-0.1, -0.05) is 13.0 Å². The monoisotopic (exact) mass is 506 g/mol. The second-order valence-corrected chi connectivity index (χ2v) is 10.9. The van der Waals surface area contributed by atoms with Gasteiger partial charge in [0.1, 0.15) is 11.8 Å². The van der Waals surface area contributed by atoms with Gasteiger partial charge in [0.25, 0.3) is 5.56 Å². The molecule has 1 saturated carbocycles. The van der Waals surface area contributed by atoms with Gasteiger partial charge < -0.3 is 5.32 Å². The van der Waals surface area contributed by atoms with Crippen LogP contribution in [0.25, 0.3) is 22.6 Å². The van der Waals surface area contributed by atoms with E-state index in [4.69, 9.17) is 4.98 Å². The maximum atomic E-state index is 13.2. The number of aryl methyl sites for hydroxylation is 2. The first kappa shape index (κ1) is 23.9. The normalized spacial score (nSPS) is 13.8. The molecule has 36 heavy (non-hydrogen) atoms. The van der Waals surface area contributed by atoms with E-state index >= 15 is 0 Å². The van der Waals surface area contributed by atoms with Crippen molar-refractivity contribution < 1.29 is 8.42 Å². The largest absolute Gasteiger partial charge is 0.361 e. The van der Waals surface area contributed by atoms with Crippen molar-refractivity contribution in [2.75, 3.05) is 11.1 Å². The Labute approximate surface area is 208 Å². The first-order valence-electron chi connectivity index (χ1n) is 11.8. The molecule has 1 fully saturated rings. The molecule has 4 aromatic heterocycles. The molecule has 1 N–H and O–H groups in total. The van der Waals surface area contributed by atoms with E-state index in [9.17, 15) is 13.2 Å². The number of nitrogens with one attached hydrogen (secondary N) is 1. The lowest BCUT2D eigenvalue weighted by molar-refractivity contribution is 0.593. The Morgan fingerprint density at radius 3 is 2.53 bits per heavy atom. The topological polar surface area (TPSA) is 146 Å². The van der Waals surface area contributed by atoms with Crippen molar-refractivity contribution in [1.29, 1.82) is 0 Å². The van der Waals surface area contributed by atoms with Crippen LogP contribution in [0, 0.1) is 6.92 Å². The summed E-state index contributed by atoms with van der Waals surface area (Å²) < 4.78 is 25.5. The van der Waals surface area contributed by atoms with Gasteiger partial charge in [-0.05, 0) is 38.3 Å². The molecule has 12 heteroatoms. The summed E-state index contributed by atoms with van der Waals surface area (Å²) in [6.45, 7) is 6.00. The molecular formula is C24H26N8O3S. The first-order chi connectivity index (χ1) is 17.3. The van der Waals surface area contributed by atoms with Gasteiger partial charge in [-0.15, -0.1) is 0 Å². The molecule has 4 heterocycles. The number of sulfone groups is 1. The van der Waals surface area contributed by atoms with Crippen LogP contribution in [0.3, 0.4) is 0 Å². The summed E-state index contributed by atoms with van der Waals surface area (Å²) in [4.78, 5) is 39.8. The van der Waals surface area contributed by atoms with Gasteiger partial charge in [0.05, 0.1) is 28.9 Å². The highest BCUT2D eigenvalue weighted by molar-refractivity contribution is 7.91. The Morgan fingerprint density at radius 1 is 1.06 bits per heavy atom. The molecule has 4 aromatic rings. The molecule has 0 aromatic carbocycles. The third kappa shape index (κ3) is 4.43. The number of pyridine rings is 1. The highest BCUT2D eigenvalue weighted by atomic mass is 32.2. The summed E-state index contributed by atoms with van der Waals surface area (Å²) in [6.07, 6.45) is 6.83. The maximum absolute atomic E-state index is 13.2. The second kappa shape index (κ2) is 9.34. The van der Waals surface area contributed by atoms with Gasteiger partial charge >= 0.3 is 0 Å². The molecule has 0 aliphatic heterocycles. The standard InChI is InChI=1S/C24H26N8O3S/c1-4-32-23-17(12-27-21(31-23)19-14(3)28-13-29-20(19)16-7-8-16)30-22(24(32)33)26-11-15-6-9-18(25-10-15)36(34,35)5-2/h6,9-10,12-13,16H,4-5,7-8,11H2,1-3H3,(H,26,30). The lowest BCUT2D eigenvalue weighted by Gasteiger charge is -2.13. The SMILES string of the molecule is CCn1c(=O)c(NCc2ccc(S(=O)(=O)CC)nc2)nc2cnc(-c3c(C)ncnc3C3CC3)nc21. The minimum absolute atomic E-state index is 0.0162. The summed E-state index contributed by atoms with van der Waals surface area (Å²) in [5, 5.41) is 3.08. The average Bonchev–Trinajstić information content (AvgIpc) is 3.73. The van der Waals surface area contributed by atoms with Crippen LogP contribution in [-0.4, -0.2) is 48.6 Å². The van der Waals surface area contributed by atoms with E-state index in [-0.39, 0.29) is 28.7 Å². The maximum Gasteiger partial charge on any atom is 0.294 e. The molecular weight excluding hydrogens is 480 g/mol. The van der Waals surface area contributed by atoms with E-state index in [1.54, 1.807) is 30.1 Å². The molecule has 11 nitrogen and oxygen atoms in total. The Kier molecular flexibility index (Phi) is 6.20. The van der Waals surface area contributed by atoms with Crippen LogP contribution in [0.2, 0.25) is 0 Å². The minimum atomic E-state index is -3.37. The second-order valence-electron chi connectivity index (χ2n) is 8.67. The minimum Gasteiger partial charge on any atom is -0.361 e. The number of hydrogen-bond donors (Lipinski definition) is 1. The van der Waals surface area contributed by atoms with E-state index in [0.29, 0.717) is 35.0 Å². The highest BCUT2D eigenvalue weighted by Crippen LogP contribution is 2.43. The number of fused-ring (bicyclic) bond motifs is 1. The van der Waals surface area contributed by atoms with Gasteiger partial charge in [-0.25, -0.2) is 38.3 Å². The fourth-order valence-corrected chi connectivity index (χ4v) is 4.82. The van der Waals surface area contributed by atoms with Crippen molar-refractivity contribution in [2.45, 2.75) is 57.6 Å². The van der Waals surface area contributed by atoms with E-state index in [1.807, 2.05) is 13.8 Å². The van der Waals surface area contributed by atoms with Crippen molar-refractivity contribution in [2.24, 2.45) is 0 Å².